The van der Waals surface area contributed by atoms with Gasteiger partial charge in [0.25, 0.3) is 0 Å². The number of nitrogens with zero attached hydrogens (tertiary/aromatic N) is 2. The van der Waals surface area contributed by atoms with Gasteiger partial charge in [-0.1, -0.05) is 27.7 Å². The smallest absolute Gasteiger partial charge is 0.408 e. The number of hydrogen-bond acceptors (Lipinski definition) is 11. The molecule has 6 fully saturated rings. The van der Waals surface area contributed by atoms with Gasteiger partial charge in [-0.15, -0.1) is 0 Å². The van der Waals surface area contributed by atoms with Crippen LogP contribution in [0.2, 0.25) is 0 Å². The van der Waals surface area contributed by atoms with E-state index in [9.17, 15) is 19.5 Å². The molecule has 2 bridgehead atoms. The van der Waals surface area contributed by atoms with Crippen LogP contribution in [0.15, 0.2) is 0 Å². The maximum Gasteiger partial charge on any atom is 0.408 e. The summed E-state index contributed by atoms with van der Waals surface area (Å²) in [5.74, 6) is -1.47. The summed E-state index contributed by atoms with van der Waals surface area (Å²) < 4.78 is 32.0. The van der Waals surface area contributed by atoms with Gasteiger partial charge in [0.1, 0.15) is 17.6 Å². The van der Waals surface area contributed by atoms with Crippen LogP contribution >= 0.6 is 0 Å². The molecule has 5 heterocycles. The first-order valence-electron chi connectivity index (χ1n) is 18.2. The third kappa shape index (κ3) is 7.04. The Balaban J connectivity index is 1.57. The lowest BCUT2D eigenvalue weighted by atomic mass is 9.70. The van der Waals surface area contributed by atoms with E-state index >= 15 is 0 Å². The minimum absolute atomic E-state index is 0.0982. The van der Waals surface area contributed by atoms with Gasteiger partial charge in [-0.05, 0) is 92.2 Å². The molecule has 2 N–H and O–H groups in total. The summed E-state index contributed by atoms with van der Waals surface area (Å²) in [6.45, 7) is 16.8. The number of aliphatic hydroxyl groups excluding tert-OH is 1. The Morgan fingerprint density at radius 3 is 2.38 bits per heavy atom. The molecular formula is C36H61N3O9. The molecule has 0 aromatic carbocycles. The van der Waals surface area contributed by atoms with Crippen molar-refractivity contribution in [2.24, 2.45) is 23.2 Å². The number of nitrogens with one attached hydrogen (secondary N) is 1. The zero-order valence-electron chi connectivity index (χ0n) is 30.8. The molecule has 0 spiro atoms. The molecule has 1 aliphatic carbocycles. The fourth-order valence-electron chi connectivity index (χ4n) is 9.10. The average Bonchev–Trinajstić information content (AvgIpc) is 3.83. The van der Waals surface area contributed by atoms with Crippen molar-refractivity contribution in [3.05, 3.63) is 0 Å². The molecule has 5 saturated heterocycles. The number of likely N-dealkylation sites (N-methyl/N-ethyl adjacent to an activating group) is 1. The molecule has 13 atom stereocenters. The Morgan fingerprint density at radius 2 is 1.75 bits per heavy atom. The molecule has 12 heteroatoms. The van der Waals surface area contributed by atoms with Crippen molar-refractivity contribution in [2.75, 3.05) is 33.9 Å². The van der Waals surface area contributed by atoms with Crippen molar-refractivity contribution >= 4 is 17.8 Å². The van der Waals surface area contributed by atoms with E-state index in [1.807, 2.05) is 39.8 Å². The van der Waals surface area contributed by atoms with Gasteiger partial charge < -0.3 is 39.0 Å². The SMILES string of the molecule is CC[C@H]1OC(=O)[C@@]2(C)CCO[C@@](C)(C[C@@H](C)CN(C3CC3)[C@H](C)[C@H]3NC(=O)O[C@@]31C)[C@H](O[C@@H]1OCC(C)CC(N(C)C)C1O)[C@@H](C)C2=O. The largest absolute Gasteiger partial charge is 0.457 e. The van der Waals surface area contributed by atoms with E-state index in [1.54, 1.807) is 13.8 Å². The van der Waals surface area contributed by atoms with E-state index < -0.39 is 65.2 Å². The number of carbonyl (C=O) groups is 3. The van der Waals surface area contributed by atoms with E-state index in [0.717, 1.165) is 25.8 Å². The number of ketones is 1. The van der Waals surface area contributed by atoms with Crippen molar-refractivity contribution < 1.29 is 43.2 Å². The molecule has 0 radical (unpaired) electrons. The highest BCUT2D eigenvalue weighted by Gasteiger charge is 2.59. The number of carbonyl (C=O) groups excluding carboxylic acids is 3. The third-order valence-corrected chi connectivity index (χ3v) is 12.1. The predicted octanol–water partition coefficient (Wildman–Crippen LogP) is 3.52. The summed E-state index contributed by atoms with van der Waals surface area (Å²) >= 11 is 0. The highest BCUT2D eigenvalue weighted by molar-refractivity contribution is 6.04. The number of hydrogen-bond donors (Lipinski definition) is 2. The lowest BCUT2D eigenvalue weighted by Crippen LogP contribution is -2.61. The maximum atomic E-state index is 14.7. The van der Waals surface area contributed by atoms with Crippen molar-refractivity contribution in [1.29, 1.82) is 0 Å². The third-order valence-electron chi connectivity index (χ3n) is 12.1. The number of alkyl carbamates (subject to hydrolysis) is 1. The molecule has 3 unspecified atom stereocenters. The Hall–Kier alpha value is -1.83. The first-order chi connectivity index (χ1) is 22.4. The van der Waals surface area contributed by atoms with Crippen LogP contribution in [0.4, 0.5) is 4.79 Å². The van der Waals surface area contributed by atoms with Crippen LogP contribution in [0.25, 0.3) is 0 Å². The molecule has 0 aromatic heterocycles. The predicted molar refractivity (Wildman–Crippen MR) is 178 cm³/mol. The van der Waals surface area contributed by atoms with Crippen LogP contribution in [-0.4, -0.2) is 127 Å². The van der Waals surface area contributed by atoms with Crippen LogP contribution in [0.5, 0.6) is 0 Å². The zero-order chi connectivity index (χ0) is 35.3. The fraction of sp³-hybridized carbons (Fsp3) is 0.917. The van der Waals surface area contributed by atoms with Crippen molar-refractivity contribution in [3.8, 4) is 0 Å². The molecule has 0 aromatic rings. The topological polar surface area (TPSA) is 136 Å². The number of amides is 1. The van der Waals surface area contributed by atoms with Crippen molar-refractivity contribution in [1.82, 2.24) is 15.1 Å². The second-order valence-electron chi connectivity index (χ2n) is 16.5. The van der Waals surface area contributed by atoms with E-state index in [1.165, 1.54) is 0 Å². The lowest BCUT2D eigenvalue weighted by Gasteiger charge is -2.47. The highest BCUT2D eigenvalue weighted by atomic mass is 16.7. The Morgan fingerprint density at radius 1 is 1.06 bits per heavy atom. The zero-order valence-corrected chi connectivity index (χ0v) is 30.8. The maximum absolute atomic E-state index is 14.7. The average molecular weight is 680 g/mol. The number of Topliss-reactive ketones (excluding diaryl/α,β-unsaturated/α-hetero) is 1. The van der Waals surface area contributed by atoms with Crippen molar-refractivity contribution in [3.63, 3.8) is 0 Å². The van der Waals surface area contributed by atoms with E-state index in [2.05, 4.69) is 31.0 Å². The lowest BCUT2D eigenvalue weighted by molar-refractivity contribution is -0.270. The molecule has 12 nitrogen and oxygen atoms in total. The number of ether oxygens (including phenoxy) is 5. The van der Waals surface area contributed by atoms with Crippen molar-refractivity contribution in [2.45, 2.75) is 154 Å². The van der Waals surface area contributed by atoms with Crippen LogP contribution < -0.4 is 5.32 Å². The van der Waals surface area contributed by atoms with E-state index in [4.69, 9.17) is 23.7 Å². The number of fused-ring (bicyclic) bond motifs is 10. The monoisotopic (exact) mass is 679 g/mol. The summed E-state index contributed by atoms with van der Waals surface area (Å²) in [6, 6.07) is -0.403. The number of aliphatic hydroxyl groups is 1. The normalized spacial score (nSPS) is 46.9. The van der Waals surface area contributed by atoms with Crippen LogP contribution in [0, 0.1) is 23.2 Å². The molecule has 1 amide bonds. The molecule has 1 saturated carbocycles. The quantitative estimate of drug-likeness (QED) is 0.327. The van der Waals surface area contributed by atoms with Crippen LogP contribution in [0.1, 0.15) is 93.9 Å². The summed E-state index contributed by atoms with van der Waals surface area (Å²) in [7, 11) is 3.87. The Kier molecular flexibility index (Phi) is 11.0. The second-order valence-corrected chi connectivity index (χ2v) is 16.5. The van der Waals surface area contributed by atoms with Gasteiger partial charge in [0.2, 0.25) is 0 Å². The first-order valence-corrected chi connectivity index (χ1v) is 18.2. The molecular weight excluding hydrogens is 618 g/mol. The van der Waals surface area contributed by atoms with Gasteiger partial charge in [-0.2, -0.15) is 0 Å². The minimum atomic E-state index is -1.54. The van der Waals surface area contributed by atoms with Gasteiger partial charge in [0, 0.05) is 37.2 Å². The summed E-state index contributed by atoms with van der Waals surface area (Å²) in [5, 5.41) is 14.7. The Labute approximate surface area is 286 Å². The van der Waals surface area contributed by atoms with Gasteiger partial charge >= 0.3 is 12.1 Å². The summed E-state index contributed by atoms with van der Waals surface area (Å²) in [5.41, 5.74) is -3.63. The fourth-order valence-corrected chi connectivity index (χ4v) is 9.10. The van der Waals surface area contributed by atoms with Gasteiger partial charge in [-0.3, -0.25) is 14.5 Å². The molecule has 48 heavy (non-hydrogen) atoms. The van der Waals surface area contributed by atoms with Crippen LogP contribution in [-0.2, 0) is 33.3 Å². The van der Waals surface area contributed by atoms with E-state index in [0.29, 0.717) is 25.5 Å². The van der Waals surface area contributed by atoms with Gasteiger partial charge in [0.15, 0.2) is 17.7 Å². The second kappa shape index (κ2) is 14.1. The molecule has 5 aliphatic heterocycles. The minimum Gasteiger partial charge on any atom is -0.457 e. The number of rotatable bonds is 5. The summed E-state index contributed by atoms with van der Waals surface area (Å²) in [6.07, 6.45) is -0.152. The summed E-state index contributed by atoms with van der Waals surface area (Å²) in [4.78, 5) is 46.2. The van der Waals surface area contributed by atoms with E-state index in [-0.39, 0.29) is 42.7 Å². The Bertz CT molecular complexity index is 1200. The van der Waals surface area contributed by atoms with Gasteiger partial charge in [-0.25, -0.2) is 4.79 Å². The van der Waals surface area contributed by atoms with Crippen LogP contribution in [0.3, 0.4) is 0 Å². The first kappa shape index (κ1) is 37.4. The molecule has 274 valence electrons. The molecule has 6 rings (SSSR count). The van der Waals surface area contributed by atoms with Gasteiger partial charge in [0.05, 0.1) is 24.4 Å². The highest BCUT2D eigenvalue weighted by Crippen LogP contribution is 2.44. The molecule has 6 aliphatic rings. The number of esters is 1. The standard InChI is InChI=1S/C36H61N3O9/c1-11-26-36(8)28(37-33(43)48-36)23(5)39(24-12-13-24)18-21(3)17-35(7)30(22(4)29(41)34(6,14-15-45-35)32(42)46-26)47-31-27(40)25(38(9)10)16-20(2)19-44-31/h20-28,30-31,40H,11-19H2,1-10H3,(H,37,43)/t20?,21-,22+,23-,25?,26-,27?,28-,30-,31+,34+,35+,36-/m1/s1.